The predicted octanol–water partition coefficient (Wildman–Crippen LogP) is 2.30. The first-order valence-corrected chi connectivity index (χ1v) is 7.31. The van der Waals surface area contributed by atoms with Crippen molar-refractivity contribution in [1.29, 1.82) is 0 Å². The Balaban J connectivity index is 1.88. The molecular formula is C15H20N4O3. The van der Waals surface area contributed by atoms with Gasteiger partial charge in [-0.2, -0.15) is 4.98 Å². The SMILES string of the molecule is CCOC(=O)CCCCc1nc(-c2ncc(N)cc2C)no1. The Morgan fingerprint density at radius 2 is 2.23 bits per heavy atom. The Morgan fingerprint density at radius 3 is 2.95 bits per heavy atom. The van der Waals surface area contributed by atoms with E-state index in [1.54, 1.807) is 13.1 Å². The summed E-state index contributed by atoms with van der Waals surface area (Å²) in [4.78, 5) is 19.8. The van der Waals surface area contributed by atoms with Gasteiger partial charge in [0.15, 0.2) is 0 Å². The molecule has 0 aromatic carbocycles. The summed E-state index contributed by atoms with van der Waals surface area (Å²) in [5.74, 6) is 0.824. The quantitative estimate of drug-likeness (QED) is 0.618. The van der Waals surface area contributed by atoms with Gasteiger partial charge in [-0.15, -0.1) is 0 Å². The number of esters is 1. The highest BCUT2D eigenvalue weighted by atomic mass is 16.5. The van der Waals surface area contributed by atoms with E-state index in [1.807, 2.05) is 13.0 Å². The zero-order valence-electron chi connectivity index (χ0n) is 12.8. The van der Waals surface area contributed by atoms with Gasteiger partial charge in [0, 0.05) is 12.8 Å². The normalized spacial score (nSPS) is 10.6. The van der Waals surface area contributed by atoms with Crippen LogP contribution in [0.4, 0.5) is 5.69 Å². The number of rotatable bonds is 7. The van der Waals surface area contributed by atoms with Crippen molar-refractivity contribution in [3.05, 3.63) is 23.7 Å². The standard InChI is InChI=1S/C15H20N4O3/c1-3-21-13(20)7-5-4-6-12-18-15(19-22-12)14-10(2)8-11(16)9-17-14/h8-9H,3-7,16H2,1-2H3. The van der Waals surface area contributed by atoms with Crippen molar-refractivity contribution in [3.63, 3.8) is 0 Å². The van der Waals surface area contributed by atoms with Crippen molar-refractivity contribution >= 4 is 11.7 Å². The highest BCUT2D eigenvalue weighted by Gasteiger charge is 2.12. The summed E-state index contributed by atoms with van der Waals surface area (Å²) in [5.41, 5.74) is 7.83. The third-order valence-electron chi connectivity index (χ3n) is 3.11. The van der Waals surface area contributed by atoms with Gasteiger partial charge in [-0.25, -0.2) is 0 Å². The summed E-state index contributed by atoms with van der Waals surface area (Å²) in [7, 11) is 0. The van der Waals surface area contributed by atoms with Crippen LogP contribution in [0.3, 0.4) is 0 Å². The minimum atomic E-state index is -0.171. The number of pyridine rings is 1. The zero-order chi connectivity index (χ0) is 15.9. The predicted molar refractivity (Wildman–Crippen MR) is 80.9 cm³/mol. The van der Waals surface area contributed by atoms with Gasteiger partial charge < -0.3 is 15.0 Å². The fraction of sp³-hybridized carbons (Fsp3) is 0.467. The number of aryl methyl sites for hydroxylation is 2. The Bertz CT molecular complexity index is 639. The molecule has 2 N–H and O–H groups in total. The molecule has 0 atom stereocenters. The van der Waals surface area contributed by atoms with E-state index in [1.165, 1.54) is 0 Å². The van der Waals surface area contributed by atoms with Crippen molar-refractivity contribution in [1.82, 2.24) is 15.1 Å². The van der Waals surface area contributed by atoms with Gasteiger partial charge in [-0.3, -0.25) is 9.78 Å². The fourth-order valence-corrected chi connectivity index (χ4v) is 2.06. The average molecular weight is 304 g/mol. The number of nitrogens with two attached hydrogens (primary N) is 1. The van der Waals surface area contributed by atoms with Gasteiger partial charge >= 0.3 is 5.97 Å². The van der Waals surface area contributed by atoms with E-state index in [9.17, 15) is 4.79 Å². The summed E-state index contributed by atoms with van der Waals surface area (Å²) in [6, 6.07) is 1.82. The minimum Gasteiger partial charge on any atom is -0.466 e. The van der Waals surface area contributed by atoms with Crippen molar-refractivity contribution < 1.29 is 14.1 Å². The molecule has 0 spiro atoms. The summed E-state index contributed by atoms with van der Waals surface area (Å²) < 4.78 is 10.1. The number of carbonyl (C=O) groups excluding carboxylic acids is 1. The van der Waals surface area contributed by atoms with Crippen LogP contribution in [0.15, 0.2) is 16.8 Å². The molecule has 118 valence electrons. The van der Waals surface area contributed by atoms with Crippen LogP contribution in [-0.4, -0.2) is 27.7 Å². The first-order chi connectivity index (χ1) is 10.6. The lowest BCUT2D eigenvalue weighted by atomic mass is 10.2. The van der Waals surface area contributed by atoms with Gasteiger partial charge in [0.2, 0.25) is 11.7 Å². The second kappa shape index (κ2) is 7.53. The smallest absolute Gasteiger partial charge is 0.305 e. The zero-order valence-corrected chi connectivity index (χ0v) is 12.8. The Labute approximate surface area is 128 Å². The Hall–Kier alpha value is -2.44. The molecule has 0 fully saturated rings. The molecule has 2 aromatic rings. The van der Waals surface area contributed by atoms with Crippen LogP contribution in [0.2, 0.25) is 0 Å². The van der Waals surface area contributed by atoms with Gasteiger partial charge in [0.1, 0.15) is 5.69 Å². The molecule has 0 aliphatic rings. The first kappa shape index (κ1) is 15.9. The molecule has 0 unspecified atom stereocenters. The van der Waals surface area contributed by atoms with Gasteiger partial charge in [0.05, 0.1) is 18.5 Å². The first-order valence-electron chi connectivity index (χ1n) is 7.31. The summed E-state index contributed by atoms with van der Waals surface area (Å²) >= 11 is 0. The molecule has 0 saturated heterocycles. The monoisotopic (exact) mass is 304 g/mol. The largest absolute Gasteiger partial charge is 0.466 e. The lowest BCUT2D eigenvalue weighted by molar-refractivity contribution is -0.143. The molecule has 0 radical (unpaired) electrons. The van der Waals surface area contributed by atoms with E-state index >= 15 is 0 Å². The van der Waals surface area contributed by atoms with Crippen LogP contribution < -0.4 is 5.73 Å². The second-order valence-electron chi connectivity index (χ2n) is 4.96. The third-order valence-corrected chi connectivity index (χ3v) is 3.11. The Morgan fingerprint density at radius 1 is 1.41 bits per heavy atom. The average Bonchev–Trinajstić information content (AvgIpc) is 2.92. The number of nitrogen functional groups attached to an aromatic ring is 1. The maximum atomic E-state index is 11.2. The lowest BCUT2D eigenvalue weighted by Crippen LogP contribution is -2.03. The maximum absolute atomic E-state index is 11.2. The molecule has 2 rings (SSSR count). The molecule has 2 heterocycles. The topological polar surface area (TPSA) is 104 Å². The third kappa shape index (κ3) is 4.28. The van der Waals surface area contributed by atoms with E-state index in [0.29, 0.717) is 42.5 Å². The fourth-order valence-electron chi connectivity index (χ4n) is 2.06. The molecule has 0 aliphatic carbocycles. The minimum absolute atomic E-state index is 0.171. The van der Waals surface area contributed by atoms with Crippen LogP contribution in [0.25, 0.3) is 11.5 Å². The molecule has 22 heavy (non-hydrogen) atoms. The molecule has 0 amide bonds. The van der Waals surface area contributed by atoms with E-state index in [2.05, 4.69) is 15.1 Å². The summed E-state index contributed by atoms with van der Waals surface area (Å²) in [6.45, 7) is 4.11. The molecule has 0 bridgehead atoms. The van der Waals surface area contributed by atoms with Gasteiger partial charge in [0.25, 0.3) is 0 Å². The highest BCUT2D eigenvalue weighted by molar-refractivity contribution is 5.69. The maximum Gasteiger partial charge on any atom is 0.305 e. The molecule has 0 aliphatic heterocycles. The molecule has 7 heteroatoms. The molecule has 0 saturated carbocycles. The lowest BCUT2D eigenvalue weighted by Gasteiger charge is -2.00. The van der Waals surface area contributed by atoms with Crippen LogP contribution in [0.5, 0.6) is 0 Å². The van der Waals surface area contributed by atoms with Crippen molar-refractivity contribution in [2.24, 2.45) is 0 Å². The van der Waals surface area contributed by atoms with Crippen molar-refractivity contribution in [2.75, 3.05) is 12.3 Å². The number of ether oxygens (including phenoxy) is 1. The van der Waals surface area contributed by atoms with Gasteiger partial charge in [-0.1, -0.05) is 5.16 Å². The summed E-state index contributed by atoms with van der Waals surface area (Å²) in [6.07, 6.45) is 4.12. The number of anilines is 1. The van der Waals surface area contributed by atoms with Crippen molar-refractivity contribution in [2.45, 2.75) is 39.5 Å². The number of hydrogen-bond acceptors (Lipinski definition) is 7. The van der Waals surface area contributed by atoms with E-state index < -0.39 is 0 Å². The number of nitrogens with zero attached hydrogens (tertiary/aromatic N) is 3. The molecule has 2 aromatic heterocycles. The van der Waals surface area contributed by atoms with Crippen LogP contribution in [0.1, 0.15) is 37.6 Å². The van der Waals surface area contributed by atoms with Gasteiger partial charge in [-0.05, 0) is 38.3 Å². The van der Waals surface area contributed by atoms with Crippen LogP contribution in [0, 0.1) is 6.92 Å². The molecule has 7 nitrogen and oxygen atoms in total. The highest BCUT2D eigenvalue weighted by Crippen LogP contribution is 2.20. The van der Waals surface area contributed by atoms with E-state index in [-0.39, 0.29) is 5.97 Å². The summed E-state index contributed by atoms with van der Waals surface area (Å²) in [5, 5.41) is 3.94. The van der Waals surface area contributed by atoms with Crippen molar-refractivity contribution in [3.8, 4) is 11.5 Å². The number of hydrogen-bond donors (Lipinski definition) is 1. The Kier molecular flexibility index (Phi) is 5.46. The van der Waals surface area contributed by atoms with E-state index in [4.69, 9.17) is 15.0 Å². The molecular weight excluding hydrogens is 284 g/mol. The number of unbranched alkanes of at least 4 members (excludes halogenated alkanes) is 1. The number of aromatic nitrogens is 3. The van der Waals surface area contributed by atoms with Crippen LogP contribution in [-0.2, 0) is 16.0 Å². The van der Waals surface area contributed by atoms with E-state index in [0.717, 1.165) is 18.4 Å². The van der Waals surface area contributed by atoms with Crippen LogP contribution >= 0.6 is 0 Å². The second-order valence-corrected chi connectivity index (χ2v) is 4.96. The number of carbonyl (C=O) groups is 1.